The first kappa shape index (κ1) is 16.4. The largest absolute Gasteiger partial charge is 0.469 e. The fourth-order valence-electron chi connectivity index (χ4n) is 1.60. The van der Waals surface area contributed by atoms with Gasteiger partial charge in [-0.3, -0.25) is 13.8 Å². The maximum atomic E-state index is 11.7. The topological polar surface area (TPSA) is 72.5 Å². The molecule has 0 saturated heterocycles. The molecule has 1 amide bonds. The summed E-state index contributed by atoms with van der Waals surface area (Å²) < 4.78 is 16.3. The number of rotatable bonds is 7. The summed E-state index contributed by atoms with van der Waals surface area (Å²) in [6, 6.07) is 9.47. The zero-order valence-corrected chi connectivity index (χ0v) is 12.4. The molecule has 110 valence electrons. The standard InChI is InChI=1S/C14H19NO4S/c1-11(14(17)19-2)9-20(18)10-13(16)15-8-12-6-4-3-5-7-12/h3-7,11H,8-10H2,1-2H3,(H,15,16). The second-order valence-corrected chi connectivity index (χ2v) is 5.94. The number of amides is 1. The lowest BCUT2D eigenvalue weighted by atomic mass is 10.2. The van der Waals surface area contributed by atoms with E-state index < -0.39 is 22.7 Å². The molecule has 0 bridgehead atoms. The van der Waals surface area contributed by atoms with Gasteiger partial charge in [0, 0.05) is 23.1 Å². The smallest absolute Gasteiger partial charge is 0.309 e. The summed E-state index contributed by atoms with van der Waals surface area (Å²) in [4.78, 5) is 22.8. The van der Waals surface area contributed by atoms with Gasteiger partial charge in [0.25, 0.3) is 0 Å². The number of esters is 1. The molecular formula is C14H19NO4S. The molecule has 0 radical (unpaired) electrons. The molecule has 0 aliphatic carbocycles. The number of benzene rings is 1. The van der Waals surface area contributed by atoms with Crippen LogP contribution >= 0.6 is 0 Å². The second-order valence-electron chi connectivity index (χ2n) is 4.44. The Morgan fingerprint density at radius 2 is 1.95 bits per heavy atom. The van der Waals surface area contributed by atoms with Crippen molar-refractivity contribution in [2.24, 2.45) is 5.92 Å². The first-order chi connectivity index (χ1) is 9.52. The number of carbonyl (C=O) groups excluding carboxylic acids is 2. The number of nitrogens with one attached hydrogen (secondary N) is 1. The predicted octanol–water partition coefficient (Wildman–Crippen LogP) is 0.861. The number of ether oxygens (including phenoxy) is 1. The monoisotopic (exact) mass is 297 g/mol. The maximum absolute atomic E-state index is 11.7. The zero-order chi connectivity index (χ0) is 15.0. The Hall–Kier alpha value is -1.69. The van der Waals surface area contributed by atoms with Crippen LogP contribution in [0.4, 0.5) is 0 Å². The van der Waals surface area contributed by atoms with E-state index in [4.69, 9.17) is 0 Å². The number of carbonyl (C=O) groups is 2. The van der Waals surface area contributed by atoms with Gasteiger partial charge in [-0.05, 0) is 5.56 Å². The van der Waals surface area contributed by atoms with Gasteiger partial charge in [-0.1, -0.05) is 37.3 Å². The van der Waals surface area contributed by atoms with Crippen molar-refractivity contribution in [1.29, 1.82) is 0 Å². The van der Waals surface area contributed by atoms with Gasteiger partial charge in [0.15, 0.2) is 0 Å². The minimum absolute atomic E-state index is 0.103. The van der Waals surface area contributed by atoms with Gasteiger partial charge in [-0.15, -0.1) is 0 Å². The molecule has 5 nitrogen and oxygen atoms in total. The first-order valence-corrected chi connectivity index (χ1v) is 7.75. The van der Waals surface area contributed by atoms with Crippen molar-refractivity contribution in [3.63, 3.8) is 0 Å². The van der Waals surface area contributed by atoms with Gasteiger partial charge in [0.05, 0.1) is 13.0 Å². The summed E-state index contributed by atoms with van der Waals surface area (Å²) in [7, 11) is -0.0871. The van der Waals surface area contributed by atoms with Gasteiger partial charge in [0.1, 0.15) is 5.75 Å². The molecule has 0 saturated carbocycles. The average Bonchev–Trinajstić information content (AvgIpc) is 2.45. The van der Waals surface area contributed by atoms with Crippen molar-refractivity contribution >= 4 is 22.7 Å². The van der Waals surface area contributed by atoms with E-state index in [-0.39, 0.29) is 17.4 Å². The highest BCUT2D eigenvalue weighted by Gasteiger charge is 2.18. The van der Waals surface area contributed by atoms with Crippen LogP contribution in [-0.2, 0) is 31.7 Å². The van der Waals surface area contributed by atoms with E-state index in [2.05, 4.69) is 10.1 Å². The highest BCUT2D eigenvalue weighted by atomic mass is 32.2. The molecule has 1 aromatic carbocycles. The third-order valence-electron chi connectivity index (χ3n) is 2.66. The van der Waals surface area contributed by atoms with Crippen LogP contribution in [0.25, 0.3) is 0 Å². The summed E-state index contributed by atoms with van der Waals surface area (Å²) in [5, 5.41) is 2.70. The summed E-state index contributed by atoms with van der Waals surface area (Å²) in [5.74, 6) is -1.14. The molecule has 2 atom stereocenters. The quantitative estimate of drug-likeness (QED) is 0.758. The van der Waals surface area contributed by atoms with Gasteiger partial charge in [0.2, 0.25) is 5.91 Å². The Bertz CT molecular complexity index is 475. The second kappa shape index (κ2) is 8.47. The molecule has 0 aromatic heterocycles. The lowest BCUT2D eigenvalue weighted by Gasteiger charge is -2.09. The summed E-state index contributed by atoms with van der Waals surface area (Å²) in [6.07, 6.45) is 0. The zero-order valence-electron chi connectivity index (χ0n) is 11.6. The van der Waals surface area contributed by atoms with E-state index in [1.54, 1.807) is 6.92 Å². The van der Waals surface area contributed by atoms with Crippen molar-refractivity contribution < 1.29 is 18.5 Å². The predicted molar refractivity (Wildman–Crippen MR) is 77.3 cm³/mol. The number of hydrogen-bond acceptors (Lipinski definition) is 4. The highest BCUT2D eigenvalue weighted by molar-refractivity contribution is 7.85. The van der Waals surface area contributed by atoms with E-state index in [1.165, 1.54) is 7.11 Å². The summed E-state index contributed by atoms with van der Waals surface area (Å²) in [5.41, 5.74) is 0.981. The lowest BCUT2D eigenvalue weighted by Crippen LogP contribution is -2.30. The molecule has 0 aliphatic heterocycles. The van der Waals surface area contributed by atoms with Crippen LogP contribution in [0.15, 0.2) is 30.3 Å². The molecule has 6 heteroatoms. The van der Waals surface area contributed by atoms with E-state index >= 15 is 0 Å². The molecule has 1 N–H and O–H groups in total. The minimum Gasteiger partial charge on any atom is -0.469 e. The Morgan fingerprint density at radius 3 is 2.55 bits per heavy atom. The molecule has 20 heavy (non-hydrogen) atoms. The van der Waals surface area contributed by atoms with Crippen molar-refractivity contribution in [2.75, 3.05) is 18.6 Å². The van der Waals surface area contributed by atoms with Crippen molar-refractivity contribution in [1.82, 2.24) is 5.32 Å². The van der Waals surface area contributed by atoms with Crippen LogP contribution in [0.2, 0.25) is 0 Å². The van der Waals surface area contributed by atoms with Crippen LogP contribution in [0.5, 0.6) is 0 Å². The molecule has 2 unspecified atom stereocenters. The Kier molecular flexibility index (Phi) is 6.93. The third kappa shape index (κ3) is 5.97. The molecular weight excluding hydrogens is 278 g/mol. The molecule has 0 heterocycles. The van der Waals surface area contributed by atoms with Gasteiger partial charge in [-0.25, -0.2) is 0 Å². The minimum atomic E-state index is -1.37. The number of methoxy groups -OCH3 is 1. The van der Waals surface area contributed by atoms with E-state index in [0.29, 0.717) is 6.54 Å². The highest BCUT2D eigenvalue weighted by Crippen LogP contribution is 2.01. The molecule has 0 fully saturated rings. The van der Waals surface area contributed by atoms with Crippen LogP contribution < -0.4 is 5.32 Å². The Morgan fingerprint density at radius 1 is 1.30 bits per heavy atom. The third-order valence-corrected chi connectivity index (χ3v) is 4.12. The average molecular weight is 297 g/mol. The molecule has 1 aromatic rings. The van der Waals surface area contributed by atoms with E-state index in [1.807, 2.05) is 30.3 Å². The van der Waals surface area contributed by atoms with Crippen molar-refractivity contribution in [2.45, 2.75) is 13.5 Å². The SMILES string of the molecule is COC(=O)C(C)CS(=O)CC(=O)NCc1ccccc1. The molecule has 0 aliphatic rings. The van der Waals surface area contributed by atoms with E-state index in [0.717, 1.165) is 5.56 Å². The normalized spacial score (nSPS) is 13.3. The van der Waals surface area contributed by atoms with Crippen LogP contribution in [0.1, 0.15) is 12.5 Å². The van der Waals surface area contributed by atoms with Crippen LogP contribution in [0, 0.1) is 5.92 Å². The van der Waals surface area contributed by atoms with Crippen LogP contribution in [0.3, 0.4) is 0 Å². The summed E-state index contributed by atoms with van der Waals surface area (Å²) >= 11 is 0. The fraction of sp³-hybridized carbons (Fsp3) is 0.429. The Balaban J connectivity index is 2.31. The number of hydrogen-bond donors (Lipinski definition) is 1. The fourth-order valence-corrected chi connectivity index (χ4v) is 2.81. The summed E-state index contributed by atoms with van der Waals surface area (Å²) in [6.45, 7) is 2.04. The molecule has 1 rings (SSSR count). The van der Waals surface area contributed by atoms with Crippen LogP contribution in [-0.4, -0.2) is 34.7 Å². The van der Waals surface area contributed by atoms with Crippen molar-refractivity contribution in [3.8, 4) is 0 Å². The van der Waals surface area contributed by atoms with Gasteiger partial charge >= 0.3 is 5.97 Å². The maximum Gasteiger partial charge on any atom is 0.309 e. The van der Waals surface area contributed by atoms with Crippen molar-refractivity contribution in [3.05, 3.63) is 35.9 Å². The Labute approximate surface area is 121 Å². The van der Waals surface area contributed by atoms with Gasteiger partial charge < -0.3 is 10.1 Å². The lowest BCUT2D eigenvalue weighted by molar-refractivity contribution is -0.144. The first-order valence-electron chi connectivity index (χ1n) is 6.26. The molecule has 0 spiro atoms. The van der Waals surface area contributed by atoms with E-state index in [9.17, 15) is 13.8 Å². The van der Waals surface area contributed by atoms with Gasteiger partial charge in [-0.2, -0.15) is 0 Å².